The summed E-state index contributed by atoms with van der Waals surface area (Å²) in [6.45, 7) is 7.04. The lowest BCUT2D eigenvalue weighted by Gasteiger charge is -2.14. The summed E-state index contributed by atoms with van der Waals surface area (Å²) in [6.07, 6.45) is 3.13. The third kappa shape index (κ3) is 4.17. The van der Waals surface area contributed by atoms with Gasteiger partial charge in [-0.25, -0.2) is 0 Å². The summed E-state index contributed by atoms with van der Waals surface area (Å²) in [7, 11) is 0. The van der Waals surface area contributed by atoms with Crippen LogP contribution in [-0.4, -0.2) is 16.7 Å². The van der Waals surface area contributed by atoms with Gasteiger partial charge in [-0.05, 0) is 24.5 Å². The van der Waals surface area contributed by atoms with Crippen LogP contribution in [0.2, 0.25) is 0 Å². The molecule has 0 amide bonds. The zero-order chi connectivity index (χ0) is 14.4. The number of hydrogen-bond acceptors (Lipinski definition) is 4. The van der Waals surface area contributed by atoms with Crippen molar-refractivity contribution in [2.75, 3.05) is 6.54 Å². The Morgan fingerprint density at radius 1 is 1.20 bits per heavy atom. The van der Waals surface area contributed by atoms with E-state index in [2.05, 4.69) is 53.6 Å². The average molecular weight is 273 g/mol. The molecule has 2 aromatic rings. The van der Waals surface area contributed by atoms with Gasteiger partial charge < -0.3 is 9.84 Å². The molecule has 1 heterocycles. The minimum atomic E-state index is 0.332. The van der Waals surface area contributed by atoms with Crippen LogP contribution < -0.4 is 5.32 Å². The molecule has 20 heavy (non-hydrogen) atoms. The lowest BCUT2D eigenvalue weighted by atomic mass is 10.0. The van der Waals surface area contributed by atoms with E-state index in [4.69, 9.17) is 4.52 Å². The molecular formula is C16H23N3O. The lowest BCUT2D eigenvalue weighted by Crippen LogP contribution is -2.21. The van der Waals surface area contributed by atoms with Crippen molar-refractivity contribution in [1.29, 1.82) is 0 Å². The Morgan fingerprint density at radius 2 is 1.95 bits per heavy atom. The Labute approximate surface area is 120 Å². The van der Waals surface area contributed by atoms with E-state index in [0.717, 1.165) is 25.2 Å². The molecule has 0 bridgehead atoms. The third-order valence-corrected chi connectivity index (χ3v) is 3.39. The summed E-state index contributed by atoms with van der Waals surface area (Å²) in [6, 6.07) is 9.19. The Balaban J connectivity index is 1.80. The molecule has 0 saturated heterocycles. The fraction of sp³-hybridized carbons (Fsp3) is 0.500. The molecule has 4 heteroatoms. The number of aromatic nitrogens is 2. The number of rotatable bonds is 7. The van der Waals surface area contributed by atoms with Gasteiger partial charge >= 0.3 is 0 Å². The zero-order valence-corrected chi connectivity index (χ0v) is 12.5. The number of aryl methyl sites for hydroxylation is 2. The largest absolute Gasteiger partial charge is 0.340 e. The van der Waals surface area contributed by atoms with Crippen LogP contribution in [-0.2, 0) is 12.8 Å². The van der Waals surface area contributed by atoms with E-state index >= 15 is 0 Å². The predicted octanol–water partition coefficient (Wildman–Crippen LogP) is 3.22. The van der Waals surface area contributed by atoms with Gasteiger partial charge in [-0.1, -0.05) is 42.8 Å². The first-order valence-electron chi connectivity index (χ1n) is 7.30. The SMILES string of the molecule is CCCc1ccc(C(C)NCCc2noc(C)n2)cc1. The highest BCUT2D eigenvalue weighted by atomic mass is 16.5. The molecule has 1 aromatic carbocycles. The van der Waals surface area contributed by atoms with E-state index < -0.39 is 0 Å². The van der Waals surface area contributed by atoms with E-state index in [1.165, 1.54) is 17.5 Å². The van der Waals surface area contributed by atoms with Gasteiger partial charge in [-0.15, -0.1) is 0 Å². The van der Waals surface area contributed by atoms with Crippen molar-refractivity contribution in [3.63, 3.8) is 0 Å². The molecule has 1 atom stereocenters. The quantitative estimate of drug-likeness (QED) is 0.841. The van der Waals surface area contributed by atoms with Crippen molar-refractivity contribution in [2.45, 2.75) is 46.1 Å². The zero-order valence-electron chi connectivity index (χ0n) is 12.5. The molecule has 1 N–H and O–H groups in total. The van der Waals surface area contributed by atoms with Crippen molar-refractivity contribution in [3.05, 3.63) is 47.1 Å². The summed E-state index contributed by atoms with van der Waals surface area (Å²) >= 11 is 0. The standard InChI is InChI=1S/C16H23N3O/c1-4-5-14-6-8-15(9-7-14)12(2)17-11-10-16-18-13(3)20-19-16/h6-9,12,17H,4-5,10-11H2,1-3H3. The molecule has 0 spiro atoms. The van der Waals surface area contributed by atoms with Crippen LogP contribution in [0.15, 0.2) is 28.8 Å². The first kappa shape index (κ1) is 14.7. The van der Waals surface area contributed by atoms with Crippen LogP contribution in [0.4, 0.5) is 0 Å². The number of hydrogen-bond donors (Lipinski definition) is 1. The van der Waals surface area contributed by atoms with Crippen molar-refractivity contribution in [2.24, 2.45) is 0 Å². The van der Waals surface area contributed by atoms with Gasteiger partial charge in [0.05, 0.1) is 0 Å². The highest BCUT2D eigenvalue weighted by Gasteiger charge is 2.06. The van der Waals surface area contributed by atoms with Crippen LogP contribution >= 0.6 is 0 Å². The molecule has 0 saturated carbocycles. The van der Waals surface area contributed by atoms with Crippen LogP contribution in [0.5, 0.6) is 0 Å². The van der Waals surface area contributed by atoms with Gasteiger partial charge in [0.25, 0.3) is 0 Å². The summed E-state index contributed by atoms with van der Waals surface area (Å²) < 4.78 is 4.95. The van der Waals surface area contributed by atoms with Gasteiger partial charge in [0.2, 0.25) is 5.89 Å². The fourth-order valence-corrected chi connectivity index (χ4v) is 2.22. The number of benzene rings is 1. The van der Waals surface area contributed by atoms with Gasteiger partial charge in [0.1, 0.15) is 0 Å². The molecular weight excluding hydrogens is 250 g/mol. The third-order valence-electron chi connectivity index (χ3n) is 3.39. The Morgan fingerprint density at radius 3 is 2.55 bits per heavy atom. The first-order valence-corrected chi connectivity index (χ1v) is 7.30. The molecule has 0 aliphatic carbocycles. The van der Waals surface area contributed by atoms with Crippen LogP contribution in [0.3, 0.4) is 0 Å². The molecule has 4 nitrogen and oxygen atoms in total. The monoisotopic (exact) mass is 273 g/mol. The van der Waals surface area contributed by atoms with Crippen LogP contribution in [0.1, 0.15) is 49.2 Å². The van der Waals surface area contributed by atoms with Gasteiger partial charge in [-0.3, -0.25) is 0 Å². The Kier molecular flexibility index (Phi) is 5.30. The second-order valence-electron chi connectivity index (χ2n) is 5.15. The van der Waals surface area contributed by atoms with Crippen LogP contribution in [0.25, 0.3) is 0 Å². The van der Waals surface area contributed by atoms with E-state index in [0.29, 0.717) is 11.9 Å². The molecule has 0 aliphatic rings. The first-order chi connectivity index (χ1) is 9.69. The predicted molar refractivity (Wildman–Crippen MR) is 79.6 cm³/mol. The highest BCUT2D eigenvalue weighted by molar-refractivity contribution is 5.24. The smallest absolute Gasteiger partial charge is 0.223 e. The van der Waals surface area contributed by atoms with E-state index in [1.807, 2.05) is 6.92 Å². The molecule has 0 fully saturated rings. The second kappa shape index (κ2) is 7.20. The average Bonchev–Trinajstić information content (AvgIpc) is 2.85. The molecule has 0 radical (unpaired) electrons. The molecule has 0 aliphatic heterocycles. The summed E-state index contributed by atoms with van der Waals surface area (Å²) in [5.41, 5.74) is 2.72. The van der Waals surface area contributed by atoms with Crippen molar-refractivity contribution in [1.82, 2.24) is 15.5 Å². The Bertz CT molecular complexity index is 519. The number of nitrogens with one attached hydrogen (secondary N) is 1. The van der Waals surface area contributed by atoms with E-state index in [9.17, 15) is 0 Å². The highest BCUT2D eigenvalue weighted by Crippen LogP contribution is 2.14. The van der Waals surface area contributed by atoms with Crippen molar-refractivity contribution < 1.29 is 4.52 Å². The summed E-state index contributed by atoms with van der Waals surface area (Å²) in [4.78, 5) is 4.19. The van der Waals surface area contributed by atoms with Gasteiger partial charge in [0, 0.05) is 25.9 Å². The Hall–Kier alpha value is -1.68. The van der Waals surface area contributed by atoms with Crippen molar-refractivity contribution in [3.8, 4) is 0 Å². The molecule has 1 aromatic heterocycles. The van der Waals surface area contributed by atoms with Gasteiger partial charge in [-0.2, -0.15) is 4.98 Å². The topological polar surface area (TPSA) is 51.0 Å². The molecule has 108 valence electrons. The second-order valence-corrected chi connectivity index (χ2v) is 5.15. The van der Waals surface area contributed by atoms with Crippen LogP contribution in [0, 0.1) is 6.92 Å². The number of nitrogens with zero attached hydrogens (tertiary/aromatic N) is 2. The summed E-state index contributed by atoms with van der Waals surface area (Å²) in [5, 5.41) is 7.38. The fourth-order valence-electron chi connectivity index (χ4n) is 2.22. The van der Waals surface area contributed by atoms with E-state index in [1.54, 1.807) is 0 Å². The summed E-state index contributed by atoms with van der Waals surface area (Å²) in [5.74, 6) is 1.39. The lowest BCUT2D eigenvalue weighted by molar-refractivity contribution is 0.386. The molecule has 2 rings (SSSR count). The minimum Gasteiger partial charge on any atom is -0.340 e. The van der Waals surface area contributed by atoms with Gasteiger partial charge in [0.15, 0.2) is 5.82 Å². The van der Waals surface area contributed by atoms with Crippen molar-refractivity contribution >= 4 is 0 Å². The maximum atomic E-state index is 4.95. The minimum absolute atomic E-state index is 0.332. The maximum Gasteiger partial charge on any atom is 0.223 e. The maximum absolute atomic E-state index is 4.95. The normalized spacial score (nSPS) is 12.6. The molecule has 1 unspecified atom stereocenters. The van der Waals surface area contributed by atoms with E-state index in [-0.39, 0.29) is 0 Å².